The Bertz CT molecular complexity index is 545. The molecule has 0 saturated carbocycles. The Balaban J connectivity index is 2.14. The predicted molar refractivity (Wildman–Crippen MR) is 79.1 cm³/mol. The fourth-order valence-corrected chi connectivity index (χ4v) is 2.26. The molecule has 0 saturated heterocycles. The van der Waals surface area contributed by atoms with Gasteiger partial charge in [0, 0.05) is 5.02 Å². The summed E-state index contributed by atoms with van der Waals surface area (Å²) in [6.45, 7) is 0. The van der Waals surface area contributed by atoms with E-state index in [0.29, 0.717) is 20.8 Å². The van der Waals surface area contributed by atoms with Gasteiger partial charge in [-0.15, -0.1) is 0 Å². The van der Waals surface area contributed by atoms with Gasteiger partial charge in [0.2, 0.25) is 0 Å². The molecule has 2 rings (SSSR count). The highest BCUT2D eigenvalue weighted by Gasteiger charge is 2.06. The molecule has 0 amide bonds. The van der Waals surface area contributed by atoms with Crippen LogP contribution >= 0.6 is 34.8 Å². The van der Waals surface area contributed by atoms with E-state index >= 15 is 0 Å². The maximum absolute atomic E-state index is 6.01. The number of hydrazone groups is 1. The molecule has 0 fully saturated rings. The van der Waals surface area contributed by atoms with Gasteiger partial charge in [-0.1, -0.05) is 65.1 Å². The topological polar surface area (TPSA) is 24.4 Å². The molecular formula is C13H9Cl3N2. The van der Waals surface area contributed by atoms with E-state index in [-0.39, 0.29) is 0 Å². The number of halogens is 3. The minimum atomic E-state index is 0.428. The van der Waals surface area contributed by atoms with E-state index in [0.717, 1.165) is 5.56 Å². The van der Waals surface area contributed by atoms with Crippen LogP contribution in [0.2, 0.25) is 15.1 Å². The highest BCUT2D eigenvalue weighted by Crippen LogP contribution is 2.33. The van der Waals surface area contributed by atoms with Gasteiger partial charge in [0.1, 0.15) is 0 Å². The first kappa shape index (κ1) is 13.2. The molecule has 0 atom stereocenters. The van der Waals surface area contributed by atoms with Crippen LogP contribution in [0.5, 0.6) is 0 Å². The van der Waals surface area contributed by atoms with Gasteiger partial charge >= 0.3 is 0 Å². The van der Waals surface area contributed by atoms with Crippen molar-refractivity contribution in [3.05, 3.63) is 63.1 Å². The van der Waals surface area contributed by atoms with Crippen LogP contribution < -0.4 is 5.43 Å². The van der Waals surface area contributed by atoms with Gasteiger partial charge in [-0.05, 0) is 17.7 Å². The second kappa shape index (κ2) is 6.10. The molecule has 5 heteroatoms. The standard InChI is InChI=1S/C13H9Cl3N2/c14-10-6-11(15)13(12(16)7-10)18-17-8-9-4-2-1-3-5-9/h1-8,18H. The van der Waals surface area contributed by atoms with E-state index in [1.165, 1.54) is 0 Å². The minimum Gasteiger partial charge on any atom is -0.275 e. The number of nitrogens with one attached hydrogen (secondary N) is 1. The molecule has 2 nitrogen and oxygen atoms in total. The van der Waals surface area contributed by atoms with E-state index in [1.807, 2.05) is 30.3 Å². The summed E-state index contributed by atoms with van der Waals surface area (Å²) in [7, 11) is 0. The van der Waals surface area contributed by atoms with Crippen molar-refractivity contribution in [2.24, 2.45) is 5.10 Å². The average Bonchev–Trinajstić information content (AvgIpc) is 2.34. The predicted octanol–water partition coefficient (Wildman–Crippen LogP) is 5.09. The molecule has 18 heavy (non-hydrogen) atoms. The summed E-state index contributed by atoms with van der Waals surface area (Å²) < 4.78 is 0. The molecule has 0 bridgehead atoms. The van der Waals surface area contributed by atoms with Gasteiger partial charge in [0.15, 0.2) is 0 Å². The van der Waals surface area contributed by atoms with Crippen molar-refractivity contribution in [1.29, 1.82) is 0 Å². The summed E-state index contributed by atoms with van der Waals surface area (Å²) in [6, 6.07) is 12.9. The van der Waals surface area contributed by atoms with Gasteiger partial charge in [-0.3, -0.25) is 5.43 Å². The van der Waals surface area contributed by atoms with Crippen LogP contribution in [0.15, 0.2) is 47.6 Å². The summed E-state index contributed by atoms with van der Waals surface area (Å²) in [4.78, 5) is 0. The Morgan fingerprint density at radius 2 is 1.56 bits per heavy atom. The van der Waals surface area contributed by atoms with Crippen molar-refractivity contribution in [3.8, 4) is 0 Å². The SMILES string of the molecule is Clc1cc(Cl)c(NN=Cc2ccccc2)c(Cl)c1. The largest absolute Gasteiger partial charge is 0.275 e. The first-order chi connectivity index (χ1) is 8.66. The van der Waals surface area contributed by atoms with Gasteiger partial charge in [0.25, 0.3) is 0 Å². The Labute approximate surface area is 120 Å². The number of nitrogens with zero attached hydrogens (tertiary/aromatic N) is 1. The lowest BCUT2D eigenvalue weighted by atomic mass is 10.2. The molecule has 0 aliphatic heterocycles. The monoisotopic (exact) mass is 298 g/mol. The zero-order valence-corrected chi connectivity index (χ0v) is 11.5. The summed E-state index contributed by atoms with van der Waals surface area (Å²) in [6.07, 6.45) is 1.68. The number of hydrogen-bond acceptors (Lipinski definition) is 2. The number of hydrogen-bond donors (Lipinski definition) is 1. The zero-order valence-electron chi connectivity index (χ0n) is 9.20. The van der Waals surface area contributed by atoms with Crippen molar-refractivity contribution in [2.45, 2.75) is 0 Å². The van der Waals surface area contributed by atoms with Gasteiger partial charge in [-0.2, -0.15) is 5.10 Å². The fraction of sp³-hybridized carbons (Fsp3) is 0. The second-order valence-electron chi connectivity index (χ2n) is 3.53. The highest BCUT2D eigenvalue weighted by molar-refractivity contribution is 6.41. The quantitative estimate of drug-likeness (QED) is 0.619. The van der Waals surface area contributed by atoms with Gasteiger partial charge in [-0.25, -0.2) is 0 Å². The molecule has 0 aliphatic carbocycles. The number of benzene rings is 2. The van der Waals surface area contributed by atoms with Crippen LogP contribution in [0.1, 0.15) is 5.56 Å². The third-order valence-electron chi connectivity index (χ3n) is 2.20. The van der Waals surface area contributed by atoms with E-state index in [1.54, 1.807) is 18.3 Å². The molecule has 0 spiro atoms. The van der Waals surface area contributed by atoms with Crippen molar-refractivity contribution < 1.29 is 0 Å². The van der Waals surface area contributed by atoms with Crippen molar-refractivity contribution in [3.63, 3.8) is 0 Å². The lowest BCUT2D eigenvalue weighted by molar-refractivity contribution is 1.35. The minimum absolute atomic E-state index is 0.428. The summed E-state index contributed by atoms with van der Waals surface area (Å²) in [5.74, 6) is 0. The van der Waals surface area contributed by atoms with Gasteiger partial charge in [0.05, 0.1) is 21.9 Å². The van der Waals surface area contributed by atoms with Crippen molar-refractivity contribution in [1.82, 2.24) is 0 Å². The lowest BCUT2D eigenvalue weighted by Crippen LogP contribution is -1.92. The molecule has 92 valence electrons. The maximum atomic E-state index is 6.01. The lowest BCUT2D eigenvalue weighted by Gasteiger charge is -2.06. The smallest absolute Gasteiger partial charge is 0.0935 e. The van der Waals surface area contributed by atoms with Crippen LogP contribution in [0.25, 0.3) is 0 Å². The maximum Gasteiger partial charge on any atom is 0.0935 e. The van der Waals surface area contributed by atoms with Crippen LogP contribution in [0.3, 0.4) is 0 Å². The Hall–Kier alpha value is -1.22. The molecular weight excluding hydrogens is 291 g/mol. The van der Waals surface area contributed by atoms with Crippen molar-refractivity contribution in [2.75, 3.05) is 5.43 Å². The zero-order chi connectivity index (χ0) is 13.0. The highest BCUT2D eigenvalue weighted by atomic mass is 35.5. The second-order valence-corrected chi connectivity index (χ2v) is 4.78. The van der Waals surface area contributed by atoms with E-state index < -0.39 is 0 Å². The summed E-state index contributed by atoms with van der Waals surface area (Å²) in [5, 5.41) is 5.42. The molecule has 1 N–H and O–H groups in total. The van der Waals surface area contributed by atoms with Crippen molar-refractivity contribution >= 4 is 46.7 Å². The van der Waals surface area contributed by atoms with Crippen LogP contribution in [-0.4, -0.2) is 6.21 Å². The molecule has 0 aliphatic rings. The number of anilines is 1. The molecule has 2 aromatic rings. The van der Waals surface area contributed by atoms with E-state index in [9.17, 15) is 0 Å². The number of rotatable bonds is 3. The molecule has 0 aromatic heterocycles. The average molecular weight is 300 g/mol. The molecule has 0 unspecified atom stereocenters. The van der Waals surface area contributed by atoms with Crippen LogP contribution in [0.4, 0.5) is 5.69 Å². The van der Waals surface area contributed by atoms with E-state index in [2.05, 4.69) is 10.5 Å². The molecule has 0 heterocycles. The molecule has 0 radical (unpaired) electrons. The van der Waals surface area contributed by atoms with Gasteiger partial charge < -0.3 is 0 Å². The van der Waals surface area contributed by atoms with Crippen LogP contribution in [-0.2, 0) is 0 Å². The fourth-order valence-electron chi connectivity index (χ4n) is 1.36. The third-order valence-corrected chi connectivity index (χ3v) is 3.01. The first-order valence-electron chi connectivity index (χ1n) is 5.15. The third kappa shape index (κ3) is 3.39. The summed E-state index contributed by atoms with van der Waals surface area (Å²) in [5.41, 5.74) is 4.32. The Kier molecular flexibility index (Phi) is 4.48. The normalized spacial score (nSPS) is 10.8. The van der Waals surface area contributed by atoms with Crippen LogP contribution in [0, 0.1) is 0 Å². The summed E-state index contributed by atoms with van der Waals surface area (Å²) >= 11 is 17.8. The Morgan fingerprint density at radius 3 is 2.17 bits per heavy atom. The molecule has 2 aromatic carbocycles. The first-order valence-corrected chi connectivity index (χ1v) is 6.29. The Morgan fingerprint density at radius 1 is 0.944 bits per heavy atom. The van der Waals surface area contributed by atoms with E-state index in [4.69, 9.17) is 34.8 Å².